The Morgan fingerprint density at radius 2 is 2.21 bits per heavy atom. The van der Waals surface area contributed by atoms with Crippen molar-refractivity contribution in [3.05, 3.63) is 44.6 Å². The summed E-state index contributed by atoms with van der Waals surface area (Å²) in [7, 11) is -3.88. The number of nitrogens with zero attached hydrogens (tertiary/aromatic N) is 1. The number of benzene rings is 1. The average Bonchev–Trinajstić information content (AvgIpc) is 2.72. The van der Waals surface area contributed by atoms with Crippen molar-refractivity contribution in [1.82, 2.24) is 9.71 Å². The molecule has 0 radical (unpaired) electrons. The highest BCUT2D eigenvalue weighted by Gasteiger charge is 2.19. The van der Waals surface area contributed by atoms with Crippen molar-refractivity contribution in [3.63, 3.8) is 0 Å². The summed E-state index contributed by atoms with van der Waals surface area (Å²) >= 11 is 4.51. The first-order chi connectivity index (χ1) is 8.88. The smallest absolute Gasteiger partial charge is 0.243 e. The lowest BCUT2D eigenvalue weighted by atomic mass is 10.3. The van der Waals surface area contributed by atoms with Gasteiger partial charge in [0.25, 0.3) is 0 Å². The van der Waals surface area contributed by atoms with E-state index < -0.39 is 15.8 Å². The van der Waals surface area contributed by atoms with Gasteiger partial charge in [-0.3, -0.25) is 0 Å². The van der Waals surface area contributed by atoms with Gasteiger partial charge in [0, 0.05) is 9.85 Å². The van der Waals surface area contributed by atoms with Crippen molar-refractivity contribution >= 4 is 37.3 Å². The number of nitrogens with one attached hydrogen (secondary N) is 1. The van der Waals surface area contributed by atoms with Gasteiger partial charge in [-0.1, -0.05) is 15.9 Å². The van der Waals surface area contributed by atoms with Crippen LogP contribution >= 0.6 is 27.3 Å². The van der Waals surface area contributed by atoms with Crippen molar-refractivity contribution < 1.29 is 12.8 Å². The maximum Gasteiger partial charge on any atom is 0.243 e. The largest absolute Gasteiger partial charge is 0.245 e. The second-order valence-corrected chi connectivity index (χ2v) is 7.47. The Balaban J connectivity index is 2.18. The van der Waals surface area contributed by atoms with E-state index in [1.165, 1.54) is 23.5 Å². The van der Waals surface area contributed by atoms with Crippen molar-refractivity contribution in [3.8, 4) is 0 Å². The molecule has 0 unspecified atom stereocenters. The van der Waals surface area contributed by atoms with Crippen molar-refractivity contribution in [1.29, 1.82) is 0 Å². The molecule has 0 bridgehead atoms. The van der Waals surface area contributed by atoms with Crippen LogP contribution in [0.5, 0.6) is 0 Å². The molecule has 0 atom stereocenters. The number of aryl methyl sites for hydroxylation is 1. The summed E-state index contributed by atoms with van der Waals surface area (Å²) in [5, 5.41) is 2.61. The first-order valence-electron chi connectivity index (χ1n) is 5.24. The van der Waals surface area contributed by atoms with E-state index >= 15 is 0 Å². The molecule has 1 heterocycles. The van der Waals surface area contributed by atoms with Crippen LogP contribution < -0.4 is 4.72 Å². The lowest BCUT2D eigenvalue weighted by Crippen LogP contribution is -2.24. The fraction of sp³-hybridized carbons (Fsp3) is 0.182. The van der Waals surface area contributed by atoms with Crippen LogP contribution in [0.4, 0.5) is 4.39 Å². The number of aromatic nitrogens is 1. The molecule has 0 amide bonds. The van der Waals surface area contributed by atoms with Gasteiger partial charge >= 0.3 is 0 Å². The van der Waals surface area contributed by atoms with Crippen LogP contribution in [0.25, 0.3) is 0 Å². The van der Waals surface area contributed by atoms with Crippen LogP contribution in [0.15, 0.2) is 32.9 Å². The zero-order chi connectivity index (χ0) is 14.0. The summed E-state index contributed by atoms with van der Waals surface area (Å²) in [5.74, 6) is -0.795. The van der Waals surface area contributed by atoms with Crippen LogP contribution in [0, 0.1) is 12.7 Å². The monoisotopic (exact) mass is 364 g/mol. The van der Waals surface area contributed by atoms with Crippen molar-refractivity contribution in [2.45, 2.75) is 18.4 Å². The van der Waals surface area contributed by atoms with E-state index in [-0.39, 0.29) is 11.4 Å². The van der Waals surface area contributed by atoms with Crippen molar-refractivity contribution in [2.24, 2.45) is 0 Å². The van der Waals surface area contributed by atoms with Gasteiger partial charge in [-0.05, 0) is 25.1 Å². The molecule has 4 nitrogen and oxygen atoms in total. The molecule has 19 heavy (non-hydrogen) atoms. The summed E-state index contributed by atoms with van der Waals surface area (Å²) in [6.07, 6.45) is 0. The van der Waals surface area contributed by atoms with Crippen LogP contribution in [0.2, 0.25) is 0 Å². The molecule has 2 aromatic rings. The summed E-state index contributed by atoms with van der Waals surface area (Å²) in [4.78, 5) is 3.76. The average molecular weight is 365 g/mol. The number of thiazole rings is 1. The third kappa shape index (κ3) is 3.59. The number of sulfonamides is 1. The minimum absolute atomic E-state index is 0.0438. The third-order valence-electron chi connectivity index (χ3n) is 2.29. The van der Waals surface area contributed by atoms with Gasteiger partial charge in [0.15, 0.2) is 0 Å². The lowest BCUT2D eigenvalue weighted by molar-refractivity contribution is 0.556. The normalized spacial score (nSPS) is 11.7. The highest BCUT2D eigenvalue weighted by atomic mass is 79.9. The molecule has 0 saturated carbocycles. The second kappa shape index (κ2) is 5.66. The molecule has 1 N–H and O–H groups in total. The quantitative estimate of drug-likeness (QED) is 0.907. The van der Waals surface area contributed by atoms with Crippen LogP contribution in [0.1, 0.15) is 10.7 Å². The molecule has 0 aliphatic carbocycles. The zero-order valence-corrected chi connectivity index (χ0v) is 13.1. The summed E-state index contributed by atoms with van der Waals surface area (Å²) in [5.41, 5.74) is 0.614. The Bertz CT molecular complexity index is 700. The Labute approximate surface area is 122 Å². The molecule has 102 valence electrons. The molecule has 0 saturated heterocycles. The highest BCUT2D eigenvalue weighted by Crippen LogP contribution is 2.19. The number of hydrogen-bond acceptors (Lipinski definition) is 4. The van der Waals surface area contributed by atoms with E-state index in [1.54, 1.807) is 5.38 Å². The molecule has 0 spiro atoms. The van der Waals surface area contributed by atoms with Gasteiger partial charge in [0.1, 0.15) is 10.7 Å². The minimum Gasteiger partial charge on any atom is -0.245 e. The van der Waals surface area contributed by atoms with Gasteiger partial charge in [0.2, 0.25) is 10.0 Å². The molecular weight excluding hydrogens is 355 g/mol. The van der Waals surface area contributed by atoms with Gasteiger partial charge in [-0.2, -0.15) is 0 Å². The first kappa shape index (κ1) is 14.6. The summed E-state index contributed by atoms with van der Waals surface area (Å²) in [6.45, 7) is 1.87. The van der Waals surface area contributed by atoms with E-state index in [9.17, 15) is 12.8 Å². The summed E-state index contributed by atoms with van der Waals surface area (Å²) < 4.78 is 40.3. The molecular formula is C11H10BrFN2O2S2. The van der Waals surface area contributed by atoms with Crippen molar-refractivity contribution in [2.75, 3.05) is 0 Å². The van der Waals surface area contributed by atoms with Crippen LogP contribution in [-0.2, 0) is 16.6 Å². The predicted molar refractivity (Wildman–Crippen MR) is 75.0 cm³/mol. The number of hydrogen-bond donors (Lipinski definition) is 1. The second-order valence-electron chi connectivity index (χ2n) is 3.76. The Hall–Kier alpha value is -0.830. The number of rotatable bonds is 4. The van der Waals surface area contributed by atoms with Gasteiger partial charge < -0.3 is 0 Å². The molecule has 2 rings (SSSR count). The van der Waals surface area contributed by atoms with Gasteiger partial charge in [-0.25, -0.2) is 22.5 Å². The molecule has 0 aliphatic rings. The SMILES string of the molecule is Cc1nc(CNS(=O)(=O)c2ccc(Br)cc2F)cs1. The molecule has 0 fully saturated rings. The van der Waals surface area contributed by atoms with E-state index in [2.05, 4.69) is 25.6 Å². The fourth-order valence-electron chi connectivity index (χ4n) is 1.43. The van der Waals surface area contributed by atoms with E-state index in [0.717, 1.165) is 11.1 Å². The van der Waals surface area contributed by atoms with E-state index in [1.807, 2.05) is 6.92 Å². The predicted octanol–water partition coefficient (Wildman–Crippen LogP) is 2.83. The van der Waals surface area contributed by atoms with Gasteiger partial charge in [-0.15, -0.1) is 11.3 Å². The standard InChI is InChI=1S/C11H10BrFN2O2S2/c1-7-15-9(6-18-7)5-14-19(16,17)11-3-2-8(12)4-10(11)13/h2-4,6,14H,5H2,1H3. The lowest BCUT2D eigenvalue weighted by Gasteiger charge is -2.06. The first-order valence-corrected chi connectivity index (χ1v) is 8.40. The topological polar surface area (TPSA) is 59.1 Å². The zero-order valence-electron chi connectivity index (χ0n) is 9.85. The Kier molecular flexibility index (Phi) is 4.34. The maximum atomic E-state index is 13.6. The minimum atomic E-state index is -3.88. The Morgan fingerprint density at radius 1 is 1.47 bits per heavy atom. The molecule has 8 heteroatoms. The van der Waals surface area contributed by atoms with E-state index in [4.69, 9.17) is 0 Å². The number of halogens is 2. The molecule has 1 aromatic carbocycles. The summed E-state index contributed by atoms with van der Waals surface area (Å²) in [6, 6.07) is 3.81. The van der Waals surface area contributed by atoms with Gasteiger partial charge in [0.05, 0.1) is 17.2 Å². The third-order valence-corrected chi connectivity index (χ3v) is 5.04. The molecule has 0 aliphatic heterocycles. The molecule has 1 aromatic heterocycles. The fourth-order valence-corrected chi connectivity index (χ4v) is 3.43. The van der Waals surface area contributed by atoms with E-state index in [0.29, 0.717) is 10.2 Å². The van der Waals surface area contributed by atoms with Crippen LogP contribution in [0.3, 0.4) is 0 Å². The van der Waals surface area contributed by atoms with Crippen LogP contribution in [-0.4, -0.2) is 13.4 Å². The Morgan fingerprint density at radius 3 is 2.79 bits per heavy atom. The highest BCUT2D eigenvalue weighted by molar-refractivity contribution is 9.10. The maximum absolute atomic E-state index is 13.6.